The van der Waals surface area contributed by atoms with Crippen molar-refractivity contribution in [3.63, 3.8) is 0 Å². The number of nitrogens with one attached hydrogen (secondary N) is 1. The molecule has 0 unspecified atom stereocenters. The van der Waals surface area contributed by atoms with Gasteiger partial charge in [0.05, 0.1) is 5.56 Å². The molecule has 2 rings (SSSR count). The first-order chi connectivity index (χ1) is 10.0. The average Bonchev–Trinajstić information content (AvgIpc) is 2.65. The number of amides is 1. The summed E-state index contributed by atoms with van der Waals surface area (Å²) >= 11 is 1.95. The first-order valence-electron chi connectivity index (χ1n) is 7.65. The molecule has 1 aromatic heterocycles. The molecule has 1 amide bonds. The van der Waals surface area contributed by atoms with Crippen molar-refractivity contribution < 1.29 is 4.79 Å². The number of rotatable bonds is 4. The van der Waals surface area contributed by atoms with E-state index in [1.54, 1.807) is 6.20 Å². The Labute approximate surface area is 131 Å². The third-order valence-corrected chi connectivity index (χ3v) is 5.08. The molecule has 0 atom stereocenters. The van der Waals surface area contributed by atoms with Gasteiger partial charge in [0, 0.05) is 36.3 Å². The van der Waals surface area contributed by atoms with Gasteiger partial charge in [-0.2, -0.15) is 11.8 Å². The molecular weight excluding hydrogens is 282 g/mol. The van der Waals surface area contributed by atoms with Crippen molar-refractivity contribution in [1.29, 1.82) is 0 Å². The third-order valence-electron chi connectivity index (χ3n) is 3.71. The van der Waals surface area contributed by atoms with Gasteiger partial charge in [-0.05, 0) is 25.0 Å². The highest BCUT2D eigenvalue weighted by Crippen LogP contribution is 2.31. The summed E-state index contributed by atoms with van der Waals surface area (Å²) in [5.41, 5.74) is 0.690. The summed E-state index contributed by atoms with van der Waals surface area (Å²) in [6.45, 7) is 9.08. The van der Waals surface area contributed by atoms with Crippen LogP contribution >= 0.6 is 11.8 Å². The van der Waals surface area contributed by atoms with Gasteiger partial charge in [-0.15, -0.1) is 0 Å². The first-order valence-corrected chi connectivity index (χ1v) is 8.64. The Kier molecular flexibility index (Phi) is 5.51. The lowest BCUT2D eigenvalue weighted by atomic mass is 10.1. The van der Waals surface area contributed by atoms with Crippen LogP contribution in [-0.4, -0.2) is 45.9 Å². The predicted molar refractivity (Wildman–Crippen MR) is 90.1 cm³/mol. The van der Waals surface area contributed by atoms with Crippen LogP contribution in [0.15, 0.2) is 18.3 Å². The Bertz CT molecular complexity index is 490. The number of aromatic nitrogens is 1. The van der Waals surface area contributed by atoms with Crippen LogP contribution in [0.3, 0.4) is 0 Å². The number of hydrogen-bond donors (Lipinski definition) is 1. The lowest BCUT2D eigenvalue weighted by Crippen LogP contribution is -2.34. The zero-order chi connectivity index (χ0) is 15.3. The van der Waals surface area contributed by atoms with Crippen molar-refractivity contribution in [1.82, 2.24) is 9.88 Å². The molecule has 0 radical (unpaired) electrons. The second-order valence-corrected chi connectivity index (χ2v) is 7.78. The predicted octanol–water partition coefficient (Wildman–Crippen LogP) is 3.26. The fourth-order valence-corrected chi connectivity index (χ4v) is 3.46. The Morgan fingerprint density at radius 1 is 1.48 bits per heavy atom. The average molecular weight is 307 g/mol. The van der Waals surface area contributed by atoms with Crippen LogP contribution in [-0.2, 0) is 0 Å². The van der Waals surface area contributed by atoms with E-state index in [0.29, 0.717) is 11.4 Å². The molecule has 5 heteroatoms. The van der Waals surface area contributed by atoms with E-state index in [-0.39, 0.29) is 10.7 Å². The molecule has 2 heterocycles. The molecule has 1 aliphatic rings. The SMILES string of the molecule is CCCNc1ncccc1C(=O)N1CCSC(C)(C)CC1. The highest BCUT2D eigenvalue weighted by atomic mass is 32.2. The minimum absolute atomic E-state index is 0.0972. The van der Waals surface area contributed by atoms with Gasteiger partial charge in [-0.25, -0.2) is 4.98 Å². The molecule has 4 nitrogen and oxygen atoms in total. The van der Waals surface area contributed by atoms with Crippen LogP contribution < -0.4 is 5.32 Å². The van der Waals surface area contributed by atoms with Crippen molar-refractivity contribution in [2.24, 2.45) is 0 Å². The molecule has 1 aromatic rings. The van der Waals surface area contributed by atoms with Gasteiger partial charge in [0.2, 0.25) is 0 Å². The summed E-state index contributed by atoms with van der Waals surface area (Å²) in [6, 6.07) is 3.71. The maximum absolute atomic E-state index is 12.8. The summed E-state index contributed by atoms with van der Waals surface area (Å²) in [4.78, 5) is 19.1. The summed E-state index contributed by atoms with van der Waals surface area (Å²) in [5.74, 6) is 1.80. The van der Waals surface area contributed by atoms with Crippen LogP contribution in [0.2, 0.25) is 0 Å². The van der Waals surface area contributed by atoms with Crippen LogP contribution in [0.1, 0.15) is 44.0 Å². The van der Waals surface area contributed by atoms with E-state index in [4.69, 9.17) is 0 Å². The molecule has 1 saturated heterocycles. The largest absolute Gasteiger partial charge is 0.369 e. The van der Waals surface area contributed by atoms with Gasteiger partial charge in [0.15, 0.2) is 0 Å². The van der Waals surface area contributed by atoms with Crippen LogP contribution in [0.25, 0.3) is 0 Å². The molecule has 1 N–H and O–H groups in total. The first kappa shape index (κ1) is 16.1. The normalized spacial score (nSPS) is 18.1. The fraction of sp³-hybridized carbons (Fsp3) is 0.625. The maximum Gasteiger partial charge on any atom is 0.257 e. The van der Waals surface area contributed by atoms with E-state index >= 15 is 0 Å². The van der Waals surface area contributed by atoms with Gasteiger partial charge < -0.3 is 10.2 Å². The molecule has 0 spiro atoms. The molecule has 0 bridgehead atoms. The molecule has 0 saturated carbocycles. The minimum atomic E-state index is 0.0972. The highest BCUT2D eigenvalue weighted by molar-refractivity contribution is 8.00. The topological polar surface area (TPSA) is 45.2 Å². The second-order valence-electron chi connectivity index (χ2n) is 5.98. The Hall–Kier alpha value is -1.23. The summed E-state index contributed by atoms with van der Waals surface area (Å²) in [5, 5.41) is 3.25. The van der Waals surface area contributed by atoms with Crippen LogP contribution in [0.4, 0.5) is 5.82 Å². The van der Waals surface area contributed by atoms with Gasteiger partial charge in [0.1, 0.15) is 5.82 Å². The molecule has 116 valence electrons. The quantitative estimate of drug-likeness (QED) is 0.927. The summed E-state index contributed by atoms with van der Waals surface area (Å²) in [6.07, 6.45) is 3.77. The van der Waals surface area contributed by atoms with Crippen molar-refractivity contribution in [2.75, 3.05) is 30.7 Å². The van der Waals surface area contributed by atoms with Crippen molar-refractivity contribution >= 4 is 23.5 Å². The van der Waals surface area contributed by atoms with Gasteiger partial charge >= 0.3 is 0 Å². The van der Waals surface area contributed by atoms with E-state index in [2.05, 4.69) is 31.1 Å². The zero-order valence-electron chi connectivity index (χ0n) is 13.2. The molecule has 21 heavy (non-hydrogen) atoms. The van der Waals surface area contributed by atoms with E-state index in [1.807, 2.05) is 28.8 Å². The number of carbonyl (C=O) groups excluding carboxylic acids is 1. The maximum atomic E-state index is 12.8. The van der Waals surface area contributed by atoms with E-state index in [0.717, 1.165) is 38.2 Å². The Morgan fingerprint density at radius 3 is 3.05 bits per heavy atom. The van der Waals surface area contributed by atoms with E-state index < -0.39 is 0 Å². The van der Waals surface area contributed by atoms with E-state index in [9.17, 15) is 4.79 Å². The molecular formula is C16H25N3OS. The Morgan fingerprint density at radius 2 is 2.29 bits per heavy atom. The smallest absolute Gasteiger partial charge is 0.257 e. The van der Waals surface area contributed by atoms with Crippen molar-refractivity contribution in [2.45, 2.75) is 38.4 Å². The summed E-state index contributed by atoms with van der Waals surface area (Å²) < 4.78 is 0.257. The van der Waals surface area contributed by atoms with Crippen molar-refractivity contribution in [3.05, 3.63) is 23.9 Å². The van der Waals surface area contributed by atoms with Crippen LogP contribution in [0.5, 0.6) is 0 Å². The van der Waals surface area contributed by atoms with Crippen LogP contribution in [0, 0.1) is 0 Å². The number of hydrogen-bond acceptors (Lipinski definition) is 4. The minimum Gasteiger partial charge on any atom is -0.369 e. The number of thioether (sulfide) groups is 1. The summed E-state index contributed by atoms with van der Waals surface area (Å²) in [7, 11) is 0. The van der Waals surface area contributed by atoms with E-state index in [1.165, 1.54) is 0 Å². The second kappa shape index (κ2) is 7.16. The Balaban J connectivity index is 2.12. The van der Waals surface area contributed by atoms with Gasteiger partial charge in [0.25, 0.3) is 5.91 Å². The molecule has 1 aliphatic heterocycles. The molecule has 1 fully saturated rings. The van der Waals surface area contributed by atoms with Gasteiger partial charge in [-0.3, -0.25) is 4.79 Å². The van der Waals surface area contributed by atoms with Crippen molar-refractivity contribution in [3.8, 4) is 0 Å². The lowest BCUT2D eigenvalue weighted by Gasteiger charge is -2.23. The number of carbonyl (C=O) groups is 1. The number of pyridine rings is 1. The molecule has 0 aliphatic carbocycles. The van der Waals surface area contributed by atoms with Gasteiger partial charge in [-0.1, -0.05) is 20.8 Å². The lowest BCUT2D eigenvalue weighted by molar-refractivity contribution is 0.0765. The molecule has 0 aromatic carbocycles. The monoisotopic (exact) mass is 307 g/mol. The highest BCUT2D eigenvalue weighted by Gasteiger charge is 2.27. The third kappa shape index (κ3) is 4.37. The standard InChI is InChI=1S/C16H25N3OS/c1-4-8-17-14-13(6-5-9-18-14)15(20)19-10-7-16(2,3)21-12-11-19/h5-6,9H,4,7-8,10-12H2,1-3H3,(H,17,18). The number of anilines is 1. The zero-order valence-corrected chi connectivity index (χ0v) is 14.0. The number of nitrogens with zero attached hydrogens (tertiary/aromatic N) is 2. The fourth-order valence-electron chi connectivity index (χ4n) is 2.36.